The van der Waals surface area contributed by atoms with E-state index < -0.39 is 5.82 Å². The molecule has 212 valence electrons. The summed E-state index contributed by atoms with van der Waals surface area (Å²) in [4.78, 5) is 14.5. The fourth-order valence-corrected chi connectivity index (χ4v) is 6.26. The highest BCUT2D eigenvalue weighted by Gasteiger charge is 2.40. The zero-order valence-electron chi connectivity index (χ0n) is 23.4. The lowest BCUT2D eigenvalue weighted by Gasteiger charge is -2.48. The molecule has 0 saturated carbocycles. The Morgan fingerprint density at radius 2 is 1.90 bits per heavy atom. The highest BCUT2D eigenvalue weighted by molar-refractivity contribution is 6.02. The summed E-state index contributed by atoms with van der Waals surface area (Å²) in [6, 6.07) is 6.54. The van der Waals surface area contributed by atoms with Gasteiger partial charge in [0.15, 0.2) is 5.75 Å². The first-order valence-electron chi connectivity index (χ1n) is 14.3. The van der Waals surface area contributed by atoms with Gasteiger partial charge in [-0.1, -0.05) is 18.7 Å². The van der Waals surface area contributed by atoms with E-state index in [0.29, 0.717) is 40.4 Å². The summed E-state index contributed by atoms with van der Waals surface area (Å²) in [5.41, 5.74) is 2.06. The van der Waals surface area contributed by atoms with Crippen molar-refractivity contribution in [1.82, 2.24) is 20.2 Å². The highest BCUT2D eigenvalue weighted by atomic mass is 19.1. The van der Waals surface area contributed by atoms with Crippen LogP contribution in [0.2, 0.25) is 0 Å². The van der Waals surface area contributed by atoms with Crippen LogP contribution in [0.15, 0.2) is 30.8 Å². The zero-order chi connectivity index (χ0) is 27.9. The molecular weight excluding hydrogens is 509 g/mol. The molecule has 1 spiro atoms. The van der Waals surface area contributed by atoms with Crippen molar-refractivity contribution in [2.45, 2.75) is 38.7 Å². The maximum atomic E-state index is 15.3. The molecule has 1 aromatic heterocycles. The van der Waals surface area contributed by atoms with E-state index in [4.69, 9.17) is 19.4 Å². The average Bonchev–Trinajstić information content (AvgIpc) is 2.94. The predicted octanol–water partition coefficient (Wildman–Crippen LogP) is 4.85. The third-order valence-corrected chi connectivity index (χ3v) is 8.75. The molecule has 0 bridgehead atoms. The number of halogens is 1. The molecule has 8 nitrogen and oxygen atoms in total. The topological polar surface area (TPSA) is 83.0 Å². The number of rotatable bonds is 7. The monoisotopic (exact) mass is 547 g/mol. The van der Waals surface area contributed by atoms with Crippen LogP contribution in [-0.2, 0) is 0 Å². The number of phenols is 1. The molecule has 3 saturated heterocycles. The van der Waals surface area contributed by atoms with E-state index in [9.17, 15) is 5.11 Å². The van der Waals surface area contributed by atoms with Crippen LogP contribution in [-0.4, -0.2) is 79.0 Å². The SMILES string of the molecule is C=Cc1cc2c(N3CCC4(CC3)CNC4)nc(OC3CCN(C)CC3)nc2c(OCC)c1-c1c(O)cccc1F. The number of hydrogen-bond donors (Lipinski definition) is 2. The van der Waals surface area contributed by atoms with Gasteiger partial charge in [-0.3, -0.25) is 0 Å². The number of nitrogens with one attached hydrogen (secondary N) is 1. The van der Waals surface area contributed by atoms with Crippen LogP contribution in [0.4, 0.5) is 10.2 Å². The van der Waals surface area contributed by atoms with Crippen molar-refractivity contribution in [2.75, 3.05) is 57.8 Å². The molecule has 4 heterocycles. The van der Waals surface area contributed by atoms with Gasteiger partial charge in [-0.05, 0) is 68.8 Å². The van der Waals surface area contributed by atoms with E-state index in [1.54, 1.807) is 6.08 Å². The second kappa shape index (κ2) is 10.9. The molecule has 9 heteroatoms. The number of aromatic hydroxyl groups is 1. The molecule has 2 N–H and O–H groups in total. The predicted molar refractivity (Wildman–Crippen MR) is 156 cm³/mol. The Hall–Kier alpha value is -3.43. The summed E-state index contributed by atoms with van der Waals surface area (Å²) < 4.78 is 27.9. The molecule has 3 aromatic rings. The standard InChI is InChI=1S/C31H38FN5O3/c1-4-20-17-22-27(28(39-5-2)25(20)26-23(32)7-6-8-24(26)38)34-30(40-21-9-13-36(3)14-10-21)35-29(22)37-15-11-31(12-16-37)18-33-19-31/h4,6-8,17,21,33,38H,1,5,9-16,18-19H2,2-3H3. The Kier molecular flexibility index (Phi) is 7.27. The second-order valence-corrected chi connectivity index (χ2v) is 11.4. The van der Waals surface area contributed by atoms with Crippen LogP contribution in [0.3, 0.4) is 0 Å². The number of aromatic nitrogens is 2. The summed E-state index contributed by atoms with van der Waals surface area (Å²) in [6.07, 6.45) is 5.66. The van der Waals surface area contributed by atoms with Crippen molar-refractivity contribution >= 4 is 22.8 Å². The third-order valence-electron chi connectivity index (χ3n) is 8.75. The lowest BCUT2D eigenvalue weighted by Crippen LogP contribution is -2.58. The summed E-state index contributed by atoms with van der Waals surface area (Å²) in [6.45, 7) is 12.0. The molecule has 3 aliphatic heterocycles. The van der Waals surface area contributed by atoms with Crippen molar-refractivity contribution < 1.29 is 19.0 Å². The minimum absolute atomic E-state index is 0.0188. The van der Waals surface area contributed by atoms with Crippen molar-refractivity contribution in [3.05, 3.63) is 42.2 Å². The Labute approximate surface area is 234 Å². The van der Waals surface area contributed by atoms with Gasteiger partial charge >= 0.3 is 6.01 Å². The molecule has 0 amide bonds. The molecule has 0 unspecified atom stereocenters. The summed E-state index contributed by atoms with van der Waals surface area (Å²) >= 11 is 0. The van der Waals surface area contributed by atoms with Crippen LogP contribution < -0.4 is 19.7 Å². The second-order valence-electron chi connectivity index (χ2n) is 11.4. The maximum absolute atomic E-state index is 15.3. The van der Waals surface area contributed by atoms with Gasteiger partial charge in [-0.2, -0.15) is 9.97 Å². The van der Waals surface area contributed by atoms with Crippen molar-refractivity contribution in [3.8, 4) is 28.6 Å². The van der Waals surface area contributed by atoms with E-state index in [0.717, 1.165) is 76.2 Å². The van der Waals surface area contributed by atoms with E-state index >= 15 is 4.39 Å². The third kappa shape index (κ3) is 4.86. The quantitative estimate of drug-likeness (QED) is 0.435. The number of ether oxygens (including phenoxy) is 2. The van der Waals surface area contributed by atoms with Gasteiger partial charge in [0.25, 0.3) is 0 Å². The van der Waals surface area contributed by atoms with E-state index in [-0.39, 0.29) is 17.4 Å². The van der Waals surface area contributed by atoms with Crippen LogP contribution in [0.5, 0.6) is 17.5 Å². The first-order chi connectivity index (χ1) is 19.4. The van der Waals surface area contributed by atoms with Gasteiger partial charge in [0, 0.05) is 50.2 Å². The minimum Gasteiger partial charge on any atom is -0.507 e. The average molecular weight is 548 g/mol. The highest BCUT2D eigenvalue weighted by Crippen LogP contribution is 2.47. The van der Waals surface area contributed by atoms with Gasteiger partial charge in [0.1, 0.15) is 29.0 Å². The number of phenolic OH excluding ortho intramolecular Hbond substituents is 1. The molecule has 3 aliphatic rings. The number of piperidine rings is 2. The van der Waals surface area contributed by atoms with Crippen molar-refractivity contribution in [2.24, 2.45) is 5.41 Å². The van der Waals surface area contributed by atoms with E-state index in [1.807, 2.05) is 13.0 Å². The number of nitrogens with zero attached hydrogens (tertiary/aromatic N) is 4. The normalized spacial score (nSPS) is 19.5. The van der Waals surface area contributed by atoms with Gasteiger partial charge in [-0.15, -0.1) is 0 Å². The first kappa shape index (κ1) is 26.8. The van der Waals surface area contributed by atoms with Gasteiger partial charge in [0.05, 0.1) is 12.2 Å². The summed E-state index contributed by atoms with van der Waals surface area (Å²) in [5, 5.41) is 15.0. The van der Waals surface area contributed by atoms with Crippen molar-refractivity contribution in [1.29, 1.82) is 0 Å². The van der Waals surface area contributed by atoms with Gasteiger partial charge in [-0.25, -0.2) is 4.39 Å². The minimum atomic E-state index is -0.545. The van der Waals surface area contributed by atoms with Gasteiger partial charge in [0.2, 0.25) is 0 Å². The molecule has 2 aromatic carbocycles. The van der Waals surface area contributed by atoms with Gasteiger partial charge < -0.3 is 29.7 Å². The fourth-order valence-electron chi connectivity index (χ4n) is 6.26. The molecule has 40 heavy (non-hydrogen) atoms. The molecule has 0 aliphatic carbocycles. The van der Waals surface area contributed by atoms with E-state index in [2.05, 4.69) is 28.7 Å². The Bertz CT molecular complexity index is 1390. The lowest BCUT2D eigenvalue weighted by atomic mass is 9.73. The fraction of sp³-hybridized carbons (Fsp3) is 0.484. The Morgan fingerprint density at radius 1 is 1.15 bits per heavy atom. The molecule has 0 radical (unpaired) electrons. The molecule has 3 fully saturated rings. The molecule has 6 rings (SSSR count). The summed E-state index contributed by atoms with van der Waals surface area (Å²) in [7, 11) is 2.12. The van der Waals surface area contributed by atoms with Crippen LogP contribution >= 0.6 is 0 Å². The van der Waals surface area contributed by atoms with Crippen LogP contribution in [0.25, 0.3) is 28.1 Å². The van der Waals surface area contributed by atoms with Crippen molar-refractivity contribution in [3.63, 3.8) is 0 Å². The number of likely N-dealkylation sites (tertiary alicyclic amines) is 1. The first-order valence-corrected chi connectivity index (χ1v) is 14.3. The number of fused-ring (bicyclic) bond motifs is 1. The number of hydrogen-bond acceptors (Lipinski definition) is 8. The summed E-state index contributed by atoms with van der Waals surface area (Å²) in [5.74, 6) is 0.471. The molecular formula is C31H38FN5O3. The van der Waals surface area contributed by atoms with E-state index in [1.165, 1.54) is 18.2 Å². The largest absolute Gasteiger partial charge is 0.507 e. The lowest BCUT2D eigenvalue weighted by molar-refractivity contribution is 0.105. The smallest absolute Gasteiger partial charge is 0.319 e. The van der Waals surface area contributed by atoms with Crippen LogP contribution in [0.1, 0.15) is 38.2 Å². The Morgan fingerprint density at radius 3 is 2.52 bits per heavy atom. The zero-order valence-corrected chi connectivity index (χ0v) is 23.4. The molecule has 0 atom stereocenters. The number of benzene rings is 2. The van der Waals surface area contributed by atoms with Crippen LogP contribution in [0, 0.1) is 11.2 Å². The number of anilines is 1. The maximum Gasteiger partial charge on any atom is 0.319 e. The Balaban J connectivity index is 1.53.